The Labute approximate surface area is 203 Å². The standard InChI is InChI=1S/C25H27N5O2S.H2O.H2/c1-5-26-14-18-6-8-20(9-7-18)24-29-30-25(32-24)23-17(4)27-15-22(28-23)19-10-12-21(13-11-19)33(31)16(2)3;;/h6-13,15-16,26H,5,14H2,1-4H3;1H2;1H. The van der Waals surface area contributed by atoms with Crippen LogP contribution in [0.1, 0.15) is 33.5 Å². The average Bonchev–Trinajstić information content (AvgIpc) is 3.33. The summed E-state index contributed by atoms with van der Waals surface area (Å²) in [6.07, 6.45) is 1.72. The number of aryl methyl sites for hydroxylation is 1. The second-order valence-corrected chi connectivity index (χ2v) is 9.96. The van der Waals surface area contributed by atoms with Crippen LogP contribution < -0.4 is 5.32 Å². The maximum Gasteiger partial charge on any atom is 0.268 e. The number of nitrogens with one attached hydrogen (secondary N) is 1. The first kappa shape index (κ1) is 25.4. The van der Waals surface area contributed by atoms with Crippen molar-refractivity contribution in [2.45, 2.75) is 44.4 Å². The molecular formula is C25H31N5O3S. The molecule has 34 heavy (non-hydrogen) atoms. The minimum atomic E-state index is -1.03. The van der Waals surface area contributed by atoms with Gasteiger partial charge in [-0.2, -0.15) is 0 Å². The molecule has 8 nitrogen and oxygen atoms in total. The zero-order valence-corrected chi connectivity index (χ0v) is 20.5. The lowest BCUT2D eigenvalue weighted by Gasteiger charge is -2.08. The van der Waals surface area contributed by atoms with E-state index in [1.165, 1.54) is 5.56 Å². The second kappa shape index (κ2) is 11.2. The molecule has 0 aliphatic carbocycles. The fourth-order valence-electron chi connectivity index (χ4n) is 3.29. The molecule has 0 saturated carbocycles. The zero-order valence-electron chi connectivity index (χ0n) is 19.7. The van der Waals surface area contributed by atoms with Gasteiger partial charge in [-0.15, -0.1) is 10.2 Å². The molecule has 1 atom stereocenters. The Hall–Kier alpha value is -3.27. The fraction of sp³-hybridized carbons (Fsp3) is 0.280. The van der Waals surface area contributed by atoms with Gasteiger partial charge in [-0.1, -0.05) is 45.0 Å². The maximum absolute atomic E-state index is 12.3. The fourth-order valence-corrected chi connectivity index (χ4v) is 4.24. The SMILES string of the molecule is CCNCc1ccc(-c2nnc(-c3nc(-c4ccc(S(=O)C(C)C)cc4)cnc3C)o2)cc1.O.[HH]. The smallest absolute Gasteiger partial charge is 0.268 e. The van der Waals surface area contributed by atoms with Crippen molar-refractivity contribution in [3.63, 3.8) is 0 Å². The number of hydrogen-bond donors (Lipinski definition) is 1. The van der Waals surface area contributed by atoms with Gasteiger partial charge in [0.1, 0.15) is 5.69 Å². The van der Waals surface area contributed by atoms with Gasteiger partial charge in [0.25, 0.3) is 5.89 Å². The van der Waals surface area contributed by atoms with Gasteiger partial charge in [0, 0.05) is 29.2 Å². The third-order valence-corrected chi connectivity index (χ3v) is 6.77. The van der Waals surface area contributed by atoms with Gasteiger partial charge in [-0.25, -0.2) is 4.98 Å². The Morgan fingerprint density at radius 3 is 2.29 bits per heavy atom. The van der Waals surface area contributed by atoms with Crippen LogP contribution in [0.25, 0.3) is 34.3 Å². The molecule has 2 heterocycles. The van der Waals surface area contributed by atoms with Crippen molar-refractivity contribution in [2.75, 3.05) is 6.54 Å². The van der Waals surface area contributed by atoms with Crippen LogP contribution in [0.5, 0.6) is 0 Å². The van der Waals surface area contributed by atoms with Gasteiger partial charge in [0.15, 0.2) is 0 Å². The first-order valence-electron chi connectivity index (χ1n) is 10.9. The summed E-state index contributed by atoms with van der Waals surface area (Å²) in [5.41, 5.74) is 4.86. The molecule has 4 rings (SSSR count). The molecule has 0 spiro atoms. The van der Waals surface area contributed by atoms with Crippen molar-refractivity contribution < 1.29 is 15.5 Å². The normalized spacial score (nSPS) is 11.9. The van der Waals surface area contributed by atoms with E-state index in [-0.39, 0.29) is 12.2 Å². The van der Waals surface area contributed by atoms with E-state index in [1.54, 1.807) is 6.20 Å². The molecule has 1 unspecified atom stereocenters. The molecule has 0 fully saturated rings. The molecule has 9 heteroatoms. The summed E-state index contributed by atoms with van der Waals surface area (Å²) in [4.78, 5) is 10.0. The van der Waals surface area contributed by atoms with Crippen LogP contribution in [0.15, 0.2) is 64.0 Å². The third kappa shape index (κ3) is 5.61. The Kier molecular flexibility index (Phi) is 8.38. The summed E-state index contributed by atoms with van der Waals surface area (Å²) in [5, 5.41) is 11.8. The summed E-state index contributed by atoms with van der Waals surface area (Å²) in [6.45, 7) is 9.58. The highest BCUT2D eigenvalue weighted by Crippen LogP contribution is 2.27. The highest BCUT2D eigenvalue weighted by Gasteiger charge is 2.16. The van der Waals surface area contributed by atoms with E-state index in [4.69, 9.17) is 9.40 Å². The summed E-state index contributed by atoms with van der Waals surface area (Å²) in [7, 11) is -1.03. The molecule has 2 aromatic heterocycles. The lowest BCUT2D eigenvalue weighted by atomic mass is 10.1. The van der Waals surface area contributed by atoms with Gasteiger partial charge in [-0.3, -0.25) is 9.19 Å². The van der Waals surface area contributed by atoms with Crippen molar-refractivity contribution in [1.82, 2.24) is 25.5 Å². The van der Waals surface area contributed by atoms with E-state index in [0.717, 1.165) is 29.1 Å². The van der Waals surface area contributed by atoms with E-state index in [1.807, 2.05) is 69.3 Å². The second-order valence-electron chi connectivity index (χ2n) is 7.95. The van der Waals surface area contributed by atoms with Gasteiger partial charge in [-0.05, 0) is 43.3 Å². The Bertz CT molecular complexity index is 1260. The van der Waals surface area contributed by atoms with Gasteiger partial charge < -0.3 is 15.2 Å². The Morgan fingerprint density at radius 1 is 1.00 bits per heavy atom. The van der Waals surface area contributed by atoms with E-state index < -0.39 is 10.8 Å². The number of nitrogens with zero attached hydrogens (tertiary/aromatic N) is 4. The molecule has 0 bridgehead atoms. The van der Waals surface area contributed by atoms with E-state index >= 15 is 0 Å². The van der Waals surface area contributed by atoms with Crippen LogP contribution >= 0.6 is 0 Å². The van der Waals surface area contributed by atoms with Crippen LogP contribution in [0.2, 0.25) is 0 Å². The molecule has 2 aromatic carbocycles. The molecule has 3 N–H and O–H groups in total. The highest BCUT2D eigenvalue weighted by atomic mass is 32.2. The van der Waals surface area contributed by atoms with Crippen LogP contribution in [-0.2, 0) is 17.3 Å². The number of aromatic nitrogens is 4. The molecule has 0 aliphatic heterocycles. The molecule has 0 aliphatic rings. The Morgan fingerprint density at radius 2 is 1.65 bits per heavy atom. The zero-order chi connectivity index (χ0) is 23.4. The minimum absolute atomic E-state index is 0. The van der Waals surface area contributed by atoms with Crippen molar-refractivity contribution >= 4 is 10.8 Å². The van der Waals surface area contributed by atoms with Crippen LogP contribution in [0, 0.1) is 6.92 Å². The minimum Gasteiger partial charge on any atom is -0.415 e. The van der Waals surface area contributed by atoms with Crippen molar-refractivity contribution in [3.05, 3.63) is 66.0 Å². The highest BCUT2D eigenvalue weighted by molar-refractivity contribution is 7.85. The number of hydrogen-bond acceptors (Lipinski definition) is 7. The van der Waals surface area contributed by atoms with Gasteiger partial charge in [0.2, 0.25) is 5.89 Å². The average molecular weight is 482 g/mol. The summed E-state index contributed by atoms with van der Waals surface area (Å²) >= 11 is 0. The number of benzene rings is 2. The number of rotatable bonds is 8. The molecule has 0 amide bonds. The lowest BCUT2D eigenvalue weighted by Crippen LogP contribution is -2.11. The van der Waals surface area contributed by atoms with E-state index in [9.17, 15) is 4.21 Å². The van der Waals surface area contributed by atoms with Crippen molar-refractivity contribution in [2.24, 2.45) is 0 Å². The lowest BCUT2D eigenvalue weighted by molar-refractivity contribution is 0.581. The summed E-state index contributed by atoms with van der Waals surface area (Å²) < 4.78 is 18.3. The quantitative estimate of drug-likeness (QED) is 0.399. The Balaban J connectivity index is 0.00000216. The third-order valence-electron chi connectivity index (χ3n) is 5.17. The molecule has 4 aromatic rings. The molecular weight excluding hydrogens is 450 g/mol. The van der Waals surface area contributed by atoms with Crippen LogP contribution in [0.4, 0.5) is 0 Å². The predicted molar refractivity (Wildman–Crippen MR) is 136 cm³/mol. The van der Waals surface area contributed by atoms with Crippen LogP contribution in [0.3, 0.4) is 0 Å². The predicted octanol–water partition coefficient (Wildman–Crippen LogP) is 4.22. The first-order valence-corrected chi connectivity index (χ1v) is 12.2. The maximum atomic E-state index is 12.3. The van der Waals surface area contributed by atoms with Gasteiger partial charge in [0.05, 0.1) is 28.4 Å². The van der Waals surface area contributed by atoms with E-state index in [0.29, 0.717) is 28.9 Å². The van der Waals surface area contributed by atoms with Crippen molar-refractivity contribution in [1.29, 1.82) is 0 Å². The van der Waals surface area contributed by atoms with Crippen LogP contribution in [-0.4, -0.2) is 41.6 Å². The summed E-state index contributed by atoms with van der Waals surface area (Å²) in [5.74, 6) is 0.762. The van der Waals surface area contributed by atoms with Gasteiger partial charge >= 0.3 is 0 Å². The molecule has 180 valence electrons. The molecule has 0 radical (unpaired) electrons. The summed E-state index contributed by atoms with van der Waals surface area (Å²) in [6, 6.07) is 15.6. The largest absolute Gasteiger partial charge is 0.415 e. The first-order chi connectivity index (χ1) is 16.0. The van der Waals surface area contributed by atoms with E-state index in [2.05, 4.69) is 27.4 Å². The molecule has 0 saturated heterocycles. The van der Waals surface area contributed by atoms with Crippen molar-refractivity contribution in [3.8, 4) is 34.3 Å². The topological polar surface area (TPSA) is 125 Å². The monoisotopic (exact) mass is 481 g/mol.